The van der Waals surface area contributed by atoms with Gasteiger partial charge in [0.05, 0.1) is 0 Å². The van der Waals surface area contributed by atoms with E-state index in [9.17, 15) is 0 Å². The monoisotopic (exact) mass is 340 g/mol. The first kappa shape index (κ1) is 15.8. The van der Waals surface area contributed by atoms with Gasteiger partial charge >= 0.3 is 0 Å². The second-order valence-electron chi connectivity index (χ2n) is 5.14. The van der Waals surface area contributed by atoms with Gasteiger partial charge in [-0.05, 0) is 42.2 Å². The summed E-state index contributed by atoms with van der Waals surface area (Å²) in [7, 11) is 0. The van der Waals surface area contributed by atoms with Crippen molar-refractivity contribution in [2.24, 2.45) is 0 Å². The zero-order valence-corrected chi connectivity index (χ0v) is 14.1. The Hall–Kier alpha value is -1.56. The Morgan fingerprint density at radius 2 is 1.71 bits per heavy atom. The standard InChI is InChI=1S/C20H21Br/c1-2-3-5-10-18(19-13-15-20(21)16-14-19)12-11-17-8-6-4-7-9-17/h4,6-9,11,13-16H,2-3,5,10H2,1H3. The molecule has 0 unspecified atom stereocenters. The Bertz CT molecular complexity index is 602. The van der Waals surface area contributed by atoms with Crippen LogP contribution >= 0.6 is 15.9 Å². The maximum absolute atomic E-state index is 3.51. The van der Waals surface area contributed by atoms with Gasteiger partial charge in [-0.25, -0.2) is 0 Å². The fourth-order valence-corrected chi connectivity index (χ4v) is 2.49. The molecule has 0 aliphatic rings. The lowest BCUT2D eigenvalue weighted by molar-refractivity contribution is 0.735. The van der Waals surface area contributed by atoms with Crippen LogP contribution in [0, 0.1) is 0 Å². The van der Waals surface area contributed by atoms with Gasteiger partial charge in [-0.3, -0.25) is 0 Å². The maximum Gasteiger partial charge on any atom is 0.0175 e. The molecule has 108 valence electrons. The van der Waals surface area contributed by atoms with Crippen LogP contribution in [0.1, 0.15) is 43.7 Å². The third-order valence-corrected chi connectivity index (χ3v) is 3.96. The molecule has 0 atom stereocenters. The highest BCUT2D eigenvalue weighted by atomic mass is 79.9. The van der Waals surface area contributed by atoms with Crippen LogP contribution in [0.25, 0.3) is 11.6 Å². The molecule has 0 aliphatic carbocycles. The van der Waals surface area contributed by atoms with E-state index in [1.807, 2.05) is 6.07 Å². The van der Waals surface area contributed by atoms with Gasteiger partial charge in [-0.2, -0.15) is 0 Å². The lowest BCUT2D eigenvalue weighted by Gasteiger charge is -2.05. The van der Waals surface area contributed by atoms with Crippen molar-refractivity contribution in [3.63, 3.8) is 0 Å². The minimum atomic E-state index is 1.08. The highest BCUT2D eigenvalue weighted by Crippen LogP contribution is 2.22. The minimum absolute atomic E-state index is 1.08. The molecule has 2 rings (SSSR count). The van der Waals surface area contributed by atoms with E-state index in [0.717, 1.165) is 10.9 Å². The van der Waals surface area contributed by atoms with Crippen molar-refractivity contribution >= 4 is 27.6 Å². The van der Waals surface area contributed by atoms with Crippen LogP contribution in [0.3, 0.4) is 0 Å². The average molecular weight is 341 g/mol. The zero-order valence-electron chi connectivity index (χ0n) is 12.5. The molecule has 0 aliphatic heterocycles. The number of halogens is 1. The van der Waals surface area contributed by atoms with E-state index in [1.54, 1.807) is 0 Å². The maximum atomic E-state index is 3.51. The predicted octanol–water partition coefficient (Wildman–Crippen LogP) is 6.73. The van der Waals surface area contributed by atoms with E-state index in [1.165, 1.54) is 36.0 Å². The normalized spacial score (nSPS) is 10.0. The number of hydrogen-bond donors (Lipinski definition) is 0. The number of unbranched alkanes of at least 4 members (excludes halogenated alkanes) is 2. The van der Waals surface area contributed by atoms with Crippen molar-refractivity contribution in [2.75, 3.05) is 0 Å². The van der Waals surface area contributed by atoms with Crippen LogP contribution in [0.5, 0.6) is 0 Å². The van der Waals surface area contributed by atoms with Crippen LogP contribution in [-0.2, 0) is 0 Å². The number of benzene rings is 2. The molecule has 0 heterocycles. The van der Waals surface area contributed by atoms with E-state index in [2.05, 4.69) is 83.2 Å². The molecule has 0 amide bonds. The fraction of sp³-hybridized carbons (Fsp3) is 0.250. The summed E-state index contributed by atoms with van der Waals surface area (Å²) < 4.78 is 1.12. The van der Waals surface area contributed by atoms with Gasteiger partial charge in [-0.15, -0.1) is 5.73 Å². The third kappa shape index (κ3) is 5.38. The van der Waals surface area contributed by atoms with Gasteiger partial charge in [0.15, 0.2) is 0 Å². The van der Waals surface area contributed by atoms with Crippen molar-refractivity contribution in [3.8, 4) is 0 Å². The molecule has 0 bridgehead atoms. The van der Waals surface area contributed by atoms with Gasteiger partial charge in [-0.1, -0.05) is 78.2 Å². The fourth-order valence-electron chi connectivity index (χ4n) is 2.22. The van der Waals surface area contributed by atoms with Gasteiger partial charge in [0, 0.05) is 10.0 Å². The lowest BCUT2D eigenvalue weighted by atomic mass is 10.00. The largest absolute Gasteiger partial charge is 0.116 e. The molecule has 2 aromatic carbocycles. The third-order valence-electron chi connectivity index (χ3n) is 3.44. The van der Waals surface area contributed by atoms with E-state index >= 15 is 0 Å². The molecule has 1 heteroatoms. The van der Waals surface area contributed by atoms with E-state index in [0.29, 0.717) is 0 Å². The average Bonchev–Trinajstić information content (AvgIpc) is 2.53. The Morgan fingerprint density at radius 1 is 1.00 bits per heavy atom. The van der Waals surface area contributed by atoms with E-state index in [4.69, 9.17) is 0 Å². The molecule has 2 aromatic rings. The van der Waals surface area contributed by atoms with Gasteiger partial charge in [0.2, 0.25) is 0 Å². The predicted molar refractivity (Wildman–Crippen MR) is 96.1 cm³/mol. The highest BCUT2D eigenvalue weighted by Gasteiger charge is 2.01. The minimum Gasteiger partial charge on any atom is -0.116 e. The smallest absolute Gasteiger partial charge is 0.0175 e. The molecule has 0 saturated carbocycles. The second-order valence-corrected chi connectivity index (χ2v) is 6.06. The number of rotatable bonds is 6. The molecule has 0 fully saturated rings. The van der Waals surface area contributed by atoms with Crippen molar-refractivity contribution in [1.29, 1.82) is 0 Å². The lowest BCUT2D eigenvalue weighted by Crippen LogP contribution is -1.84. The molecule has 0 saturated heterocycles. The molecule has 0 spiro atoms. The molecular formula is C20H21Br. The van der Waals surface area contributed by atoms with Crippen LogP contribution in [0.4, 0.5) is 0 Å². The summed E-state index contributed by atoms with van der Waals surface area (Å²) in [6, 6.07) is 18.9. The zero-order chi connectivity index (χ0) is 14.9. The van der Waals surface area contributed by atoms with E-state index < -0.39 is 0 Å². The van der Waals surface area contributed by atoms with Crippen LogP contribution in [-0.4, -0.2) is 0 Å². The highest BCUT2D eigenvalue weighted by molar-refractivity contribution is 9.10. The number of hydrogen-bond acceptors (Lipinski definition) is 0. The molecular weight excluding hydrogens is 320 g/mol. The number of allylic oxidation sites excluding steroid dienone is 1. The van der Waals surface area contributed by atoms with Crippen LogP contribution in [0.15, 0.2) is 64.8 Å². The van der Waals surface area contributed by atoms with Gasteiger partial charge < -0.3 is 0 Å². The summed E-state index contributed by atoms with van der Waals surface area (Å²) in [5.41, 5.74) is 7.26. The van der Waals surface area contributed by atoms with Crippen molar-refractivity contribution in [2.45, 2.75) is 32.6 Å². The molecule has 21 heavy (non-hydrogen) atoms. The van der Waals surface area contributed by atoms with Crippen molar-refractivity contribution in [3.05, 3.63) is 75.9 Å². The summed E-state index contributed by atoms with van der Waals surface area (Å²) in [4.78, 5) is 0. The molecule has 0 aromatic heterocycles. The first-order chi connectivity index (χ1) is 10.3. The Labute approximate surface area is 136 Å². The van der Waals surface area contributed by atoms with Crippen LogP contribution in [0.2, 0.25) is 0 Å². The SMILES string of the molecule is CCCCCC(=C=Cc1ccccc1)c1ccc(Br)cc1. The topological polar surface area (TPSA) is 0 Å². The summed E-state index contributed by atoms with van der Waals surface area (Å²) in [5, 5.41) is 0. The molecule has 0 nitrogen and oxygen atoms in total. The molecule has 0 radical (unpaired) electrons. The van der Waals surface area contributed by atoms with Crippen molar-refractivity contribution in [1.82, 2.24) is 0 Å². The first-order valence-electron chi connectivity index (χ1n) is 7.56. The molecule has 0 N–H and O–H groups in total. The summed E-state index contributed by atoms with van der Waals surface area (Å²) in [6.45, 7) is 2.24. The van der Waals surface area contributed by atoms with Crippen LogP contribution < -0.4 is 0 Å². The Kier molecular flexibility index (Phi) is 6.53. The Balaban J connectivity index is 2.27. The quantitative estimate of drug-likeness (QED) is 0.404. The summed E-state index contributed by atoms with van der Waals surface area (Å²) in [5.74, 6) is 0. The van der Waals surface area contributed by atoms with Gasteiger partial charge in [0.1, 0.15) is 0 Å². The van der Waals surface area contributed by atoms with E-state index in [-0.39, 0.29) is 0 Å². The van der Waals surface area contributed by atoms with Gasteiger partial charge in [0.25, 0.3) is 0 Å². The summed E-state index contributed by atoms with van der Waals surface area (Å²) in [6.07, 6.45) is 6.91. The van der Waals surface area contributed by atoms with Crippen molar-refractivity contribution < 1.29 is 0 Å². The first-order valence-corrected chi connectivity index (χ1v) is 8.35. The second kappa shape index (κ2) is 8.67. The Morgan fingerprint density at radius 3 is 2.38 bits per heavy atom. The summed E-state index contributed by atoms with van der Waals surface area (Å²) >= 11 is 3.50.